The van der Waals surface area contributed by atoms with Crippen LogP contribution in [0.25, 0.3) is 4.85 Å². The van der Waals surface area contributed by atoms with E-state index in [9.17, 15) is 14.9 Å². The standard InChI is InChI=1S/C23H22N6O2S/c1-26-19-18(14-7-8-14)16(13-24)23(28-22(19)29-11-9-17(30)27-10-12-29)32-20(21(25)31)15-5-3-2-4-6-15/h2-6,14,20H,7-12H2,(H2,25,31)(H,27,30). The van der Waals surface area contributed by atoms with Crippen LogP contribution in [0, 0.1) is 17.9 Å². The molecule has 0 spiro atoms. The molecular formula is C23H22N6O2S. The number of rotatable bonds is 6. The van der Waals surface area contributed by atoms with Gasteiger partial charge in [-0.15, -0.1) is 0 Å². The molecule has 4 rings (SSSR count). The number of aromatic nitrogens is 1. The van der Waals surface area contributed by atoms with Gasteiger partial charge in [-0.1, -0.05) is 42.1 Å². The Balaban J connectivity index is 1.83. The van der Waals surface area contributed by atoms with Crippen molar-refractivity contribution in [2.45, 2.75) is 35.5 Å². The van der Waals surface area contributed by atoms with E-state index in [-0.39, 0.29) is 11.8 Å². The fourth-order valence-electron chi connectivity index (χ4n) is 3.86. The summed E-state index contributed by atoms with van der Waals surface area (Å²) in [6, 6.07) is 11.4. The third-order valence-electron chi connectivity index (χ3n) is 5.57. The molecule has 2 aliphatic rings. The molecule has 2 amide bonds. The number of primary amides is 1. The first-order chi connectivity index (χ1) is 15.5. The molecule has 2 aromatic rings. The van der Waals surface area contributed by atoms with E-state index in [2.05, 4.69) is 16.2 Å². The van der Waals surface area contributed by atoms with Crippen LogP contribution in [0.1, 0.15) is 47.1 Å². The van der Waals surface area contributed by atoms with Crippen LogP contribution in [0.4, 0.5) is 11.5 Å². The zero-order valence-corrected chi connectivity index (χ0v) is 18.2. The summed E-state index contributed by atoms with van der Waals surface area (Å²) >= 11 is 1.14. The summed E-state index contributed by atoms with van der Waals surface area (Å²) in [4.78, 5) is 34.6. The Morgan fingerprint density at radius 3 is 2.72 bits per heavy atom. The second kappa shape index (κ2) is 9.29. The number of carbonyl (C=O) groups is 2. The van der Waals surface area contributed by atoms with E-state index in [4.69, 9.17) is 17.3 Å². The van der Waals surface area contributed by atoms with Gasteiger partial charge in [-0.25, -0.2) is 9.83 Å². The molecule has 1 aromatic carbocycles. The first kappa shape index (κ1) is 21.7. The number of nitrogens with zero attached hydrogens (tertiary/aromatic N) is 4. The number of thioether (sulfide) groups is 1. The zero-order valence-electron chi connectivity index (χ0n) is 17.4. The molecule has 1 aromatic heterocycles. The van der Waals surface area contributed by atoms with Crippen LogP contribution < -0.4 is 16.0 Å². The van der Waals surface area contributed by atoms with Gasteiger partial charge in [0.25, 0.3) is 0 Å². The largest absolute Gasteiger partial charge is 0.368 e. The molecule has 1 saturated heterocycles. The topological polar surface area (TPSA) is 116 Å². The molecule has 2 fully saturated rings. The molecule has 0 bridgehead atoms. The van der Waals surface area contributed by atoms with Crippen molar-refractivity contribution in [3.05, 3.63) is 58.4 Å². The van der Waals surface area contributed by atoms with Crippen molar-refractivity contribution in [2.75, 3.05) is 24.5 Å². The maximum atomic E-state index is 12.3. The number of nitrogens with one attached hydrogen (secondary N) is 1. The maximum absolute atomic E-state index is 12.3. The number of anilines is 1. The number of pyridine rings is 1. The van der Waals surface area contributed by atoms with E-state index < -0.39 is 11.2 Å². The molecule has 1 saturated carbocycles. The van der Waals surface area contributed by atoms with Crippen LogP contribution in [0.3, 0.4) is 0 Å². The molecule has 2 heterocycles. The number of hydrogen-bond acceptors (Lipinski definition) is 6. The van der Waals surface area contributed by atoms with E-state index >= 15 is 0 Å². The average Bonchev–Trinajstić information content (AvgIpc) is 3.65. The molecule has 1 aliphatic carbocycles. The Kier molecular flexibility index (Phi) is 6.29. The van der Waals surface area contributed by atoms with Crippen molar-refractivity contribution < 1.29 is 9.59 Å². The minimum Gasteiger partial charge on any atom is -0.368 e. The minimum atomic E-state index is -0.720. The van der Waals surface area contributed by atoms with Gasteiger partial charge in [-0.05, 0) is 29.9 Å². The molecule has 1 atom stereocenters. The number of carbonyl (C=O) groups excluding carboxylic acids is 2. The number of hydrogen-bond donors (Lipinski definition) is 2. The van der Waals surface area contributed by atoms with Crippen LogP contribution in [0.5, 0.6) is 0 Å². The Morgan fingerprint density at radius 2 is 2.09 bits per heavy atom. The van der Waals surface area contributed by atoms with Gasteiger partial charge in [0.15, 0.2) is 0 Å². The zero-order chi connectivity index (χ0) is 22.7. The predicted octanol–water partition coefficient (Wildman–Crippen LogP) is 3.03. The molecule has 8 nitrogen and oxygen atoms in total. The van der Waals surface area contributed by atoms with Gasteiger partial charge in [0.05, 0.1) is 12.1 Å². The lowest BCUT2D eigenvalue weighted by atomic mass is 10.0. The van der Waals surface area contributed by atoms with E-state index in [1.165, 1.54) is 0 Å². The molecule has 0 radical (unpaired) electrons. The third kappa shape index (κ3) is 4.39. The van der Waals surface area contributed by atoms with Gasteiger partial charge in [0.2, 0.25) is 17.5 Å². The van der Waals surface area contributed by atoms with Crippen molar-refractivity contribution in [3.63, 3.8) is 0 Å². The number of nitrogens with two attached hydrogens (primary N) is 1. The molecular weight excluding hydrogens is 424 g/mol. The van der Waals surface area contributed by atoms with E-state index in [0.29, 0.717) is 53.7 Å². The molecule has 3 N–H and O–H groups in total. The van der Waals surface area contributed by atoms with Crippen LogP contribution in [0.15, 0.2) is 35.4 Å². The van der Waals surface area contributed by atoms with E-state index in [0.717, 1.165) is 30.2 Å². The monoisotopic (exact) mass is 446 g/mol. The highest BCUT2D eigenvalue weighted by Crippen LogP contribution is 2.51. The van der Waals surface area contributed by atoms with Crippen molar-refractivity contribution in [3.8, 4) is 6.07 Å². The summed E-state index contributed by atoms with van der Waals surface area (Å²) in [5, 5.41) is 12.5. The highest BCUT2D eigenvalue weighted by molar-refractivity contribution is 8.00. The average molecular weight is 447 g/mol. The van der Waals surface area contributed by atoms with Crippen LogP contribution in [0.2, 0.25) is 0 Å². The Hall–Kier alpha value is -3.56. The highest BCUT2D eigenvalue weighted by Gasteiger charge is 2.35. The Labute approximate surface area is 190 Å². The third-order valence-corrected chi connectivity index (χ3v) is 6.83. The van der Waals surface area contributed by atoms with Gasteiger partial charge in [-0.3, -0.25) is 9.59 Å². The normalized spacial score (nSPS) is 16.9. The van der Waals surface area contributed by atoms with Gasteiger partial charge >= 0.3 is 0 Å². The first-order valence-electron chi connectivity index (χ1n) is 10.4. The lowest BCUT2D eigenvalue weighted by Gasteiger charge is -2.25. The summed E-state index contributed by atoms with van der Waals surface area (Å²) < 4.78 is 0. The van der Waals surface area contributed by atoms with Gasteiger partial charge in [0.1, 0.15) is 22.2 Å². The summed E-state index contributed by atoms with van der Waals surface area (Å²) in [5.74, 6) is 0.0298. The van der Waals surface area contributed by atoms with Crippen molar-refractivity contribution in [2.24, 2.45) is 5.73 Å². The maximum Gasteiger partial charge on any atom is 0.235 e. The van der Waals surface area contributed by atoms with Crippen molar-refractivity contribution >= 4 is 35.1 Å². The van der Waals surface area contributed by atoms with E-state index in [1.807, 2.05) is 35.2 Å². The molecule has 162 valence electrons. The predicted molar refractivity (Wildman–Crippen MR) is 121 cm³/mol. The number of benzene rings is 1. The SMILES string of the molecule is [C-]#[N+]c1c(N2CCNC(=O)CC2)nc(SC(C(N)=O)c2ccccc2)c(C#N)c1C1CC1. The summed E-state index contributed by atoms with van der Waals surface area (Å²) in [7, 11) is 0. The summed E-state index contributed by atoms with van der Waals surface area (Å²) in [6.07, 6.45) is 2.11. The molecule has 9 heteroatoms. The first-order valence-corrected chi connectivity index (χ1v) is 11.3. The quantitative estimate of drug-likeness (QED) is 0.520. The fraction of sp³-hybridized carbons (Fsp3) is 0.348. The summed E-state index contributed by atoms with van der Waals surface area (Å²) in [6.45, 7) is 9.23. The molecule has 1 aliphatic heterocycles. The van der Waals surface area contributed by atoms with Crippen LogP contribution in [-0.2, 0) is 9.59 Å². The van der Waals surface area contributed by atoms with E-state index in [1.54, 1.807) is 0 Å². The minimum absolute atomic E-state index is 0.0413. The fourth-order valence-corrected chi connectivity index (χ4v) is 4.91. The highest BCUT2D eigenvalue weighted by atomic mass is 32.2. The van der Waals surface area contributed by atoms with Crippen LogP contribution >= 0.6 is 11.8 Å². The number of amides is 2. The Morgan fingerprint density at radius 1 is 1.34 bits per heavy atom. The van der Waals surface area contributed by atoms with Crippen molar-refractivity contribution in [1.82, 2.24) is 10.3 Å². The van der Waals surface area contributed by atoms with Gasteiger partial charge in [-0.2, -0.15) is 5.26 Å². The molecule has 32 heavy (non-hydrogen) atoms. The van der Waals surface area contributed by atoms with Crippen molar-refractivity contribution in [1.29, 1.82) is 5.26 Å². The van der Waals surface area contributed by atoms with Gasteiger partial charge < -0.3 is 16.0 Å². The lowest BCUT2D eigenvalue weighted by molar-refractivity contribution is -0.120. The second-order valence-corrected chi connectivity index (χ2v) is 8.87. The summed E-state index contributed by atoms with van der Waals surface area (Å²) in [5.41, 5.74) is 7.86. The van der Waals surface area contributed by atoms with Crippen LogP contribution in [-0.4, -0.2) is 36.4 Å². The van der Waals surface area contributed by atoms with Gasteiger partial charge in [0, 0.05) is 26.1 Å². The second-order valence-electron chi connectivity index (χ2n) is 7.77. The molecule has 1 unspecified atom stereocenters. The number of nitriles is 1. The Bertz CT molecular complexity index is 1130. The lowest BCUT2D eigenvalue weighted by Crippen LogP contribution is -2.29. The smallest absolute Gasteiger partial charge is 0.235 e.